The van der Waals surface area contributed by atoms with Crippen molar-refractivity contribution >= 4 is 5.69 Å². The van der Waals surface area contributed by atoms with Gasteiger partial charge in [0.05, 0.1) is 6.61 Å². The Labute approximate surface area is 107 Å². The molecule has 0 unspecified atom stereocenters. The minimum Gasteiger partial charge on any atom is -0.392 e. The summed E-state index contributed by atoms with van der Waals surface area (Å²) in [6.07, 6.45) is 0. The van der Waals surface area contributed by atoms with E-state index in [1.54, 1.807) is 0 Å². The van der Waals surface area contributed by atoms with E-state index in [0.29, 0.717) is 0 Å². The third-order valence-electron chi connectivity index (χ3n) is 3.00. The summed E-state index contributed by atoms with van der Waals surface area (Å²) < 4.78 is 5.17. The maximum Gasteiger partial charge on any atom is 0.157 e. The summed E-state index contributed by atoms with van der Waals surface area (Å²) in [5.74, 6) is 0.835. The molecule has 1 aromatic carbocycles. The van der Waals surface area contributed by atoms with Crippen LogP contribution < -0.4 is 4.90 Å². The molecule has 4 nitrogen and oxygen atoms in total. The van der Waals surface area contributed by atoms with Crippen molar-refractivity contribution in [1.82, 2.24) is 5.16 Å². The molecule has 18 heavy (non-hydrogen) atoms. The highest BCUT2D eigenvalue weighted by atomic mass is 16.5. The molecular weight excluding hydrogens is 228 g/mol. The molecule has 1 aromatic heterocycles. The first kappa shape index (κ1) is 12.6. The fourth-order valence-electron chi connectivity index (χ4n) is 2.13. The summed E-state index contributed by atoms with van der Waals surface area (Å²) >= 11 is 0. The highest BCUT2D eigenvalue weighted by molar-refractivity contribution is 5.52. The van der Waals surface area contributed by atoms with Crippen molar-refractivity contribution in [3.05, 3.63) is 46.8 Å². The summed E-state index contributed by atoms with van der Waals surface area (Å²) in [7, 11) is 2.02. The summed E-state index contributed by atoms with van der Waals surface area (Å²) in [6, 6.07) is 7.94. The zero-order valence-corrected chi connectivity index (χ0v) is 11.0. The predicted molar refractivity (Wildman–Crippen MR) is 70.4 cm³/mol. The molecule has 0 fully saturated rings. The Bertz CT molecular complexity index is 498. The van der Waals surface area contributed by atoms with E-state index < -0.39 is 0 Å². The van der Waals surface area contributed by atoms with Crippen molar-refractivity contribution in [2.24, 2.45) is 0 Å². The zero-order chi connectivity index (χ0) is 13.1. The lowest BCUT2D eigenvalue weighted by molar-refractivity contribution is 0.282. The fourth-order valence-corrected chi connectivity index (χ4v) is 2.13. The van der Waals surface area contributed by atoms with Gasteiger partial charge in [-0.05, 0) is 25.0 Å². The van der Waals surface area contributed by atoms with Crippen molar-refractivity contribution in [1.29, 1.82) is 0 Å². The van der Waals surface area contributed by atoms with Crippen LogP contribution in [-0.2, 0) is 13.2 Å². The van der Waals surface area contributed by atoms with Gasteiger partial charge in [0, 0.05) is 13.6 Å². The molecule has 0 radical (unpaired) electrons. The molecular formula is C14H18N2O2. The van der Waals surface area contributed by atoms with E-state index in [1.807, 2.05) is 45.2 Å². The molecule has 2 rings (SSSR count). The smallest absolute Gasteiger partial charge is 0.157 e. The second-order valence-electron chi connectivity index (χ2n) is 4.50. The lowest BCUT2D eigenvalue weighted by atomic mass is 10.1. The van der Waals surface area contributed by atoms with Crippen molar-refractivity contribution in [2.45, 2.75) is 27.0 Å². The standard InChI is InChI=1S/C14H18N2O2/c1-10-14(11(2)18-15-10)16(3)8-12-4-6-13(9-17)7-5-12/h4-7,17H,8-9H2,1-3H3. The zero-order valence-electron chi connectivity index (χ0n) is 11.0. The molecule has 96 valence electrons. The molecule has 0 atom stereocenters. The maximum atomic E-state index is 9.00. The number of aryl methyl sites for hydroxylation is 2. The Morgan fingerprint density at radius 1 is 1.17 bits per heavy atom. The van der Waals surface area contributed by atoms with Crippen LogP contribution in [0.3, 0.4) is 0 Å². The van der Waals surface area contributed by atoms with Crippen LogP contribution in [0.1, 0.15) is 22.6 Å². The van der Waals surface area contributed by atoms with E-state index in [1.165, 1.54) is 5.56 Å². The number of anilines is 1. The molecule has 0 aliphatic rings. The molecule has 2 aromatic rings. The van der Waals surface area contributed by atoms with Gasteiger partial charge in [0.2, 0.25) is 0 Å². The molecule has 0 aliphatic carbocycles. The molecule has 0 spiro atoms. The van der Waals surface area contributed by atoms with Crippen molar-refractivity contribution in [2.75, 3.05) is 11.9 Å². The Kier molecular flexibility index (Phi) is 3.67. The first-order valence-electron chi connectivity index (χ1n) is 5.94. The van der Waals surface area contributed by atoms with Crippen LogP contribution in [0.25, 0.3) is 0 Å². The van der Waals surface area contributed by atoms with E-state index in [4.69, 9.17) is 9.63 Å². The number of rotatable bonds is 4. The topological polar surface area (TPSA) is 49.5 Å². The Hall–Kier alpha value is -1.81. The number of hydrogen-bond donors (Lipinski definition) is 1. The van der Waals surface area contributed by atoms with E-state index >= 15 is 0 Å². The summed E-state index contributed by atoms with van der Waals surface area (Å²) in [5, 5.41) is 13.0. The van der Waals surface area contributed by atoms with Gasteiger partial charge in [-0.1, -0.05) is 29.4 Å². The van der Waals surface area contributed by atoms with E-state index in [2.05, 4.69) is 10.1 Å². The summed E-state index contributed by atoms with van der Waals surface area (Å²) in [4.78, 5) is 2.12. The lowest BCUT2D eigenvalue weighted by Crippen LogP contribution is -2.17. The minimum atomic E-state index is 0.0833. The fraction of sp³-hybridized carbons (Fsp3) is 0.357. The Balaban J connectivity index is 2.13. The maximum absolute atomic E-state index is 9.00. The molecule has 4 heteroatoms. The molecule has 0 saturated heterocycles. The van der Waals surface area contributed by atoms with Crippen molar-refractivity contribution in [3.8, 4) is 0 Å². The number of nitrogens with zero attached hydrogens (tertiary/aromatic N) is 2. The number of benzene rings is 1. The highest BCUT2D eigenvalue weighted by Crippen LogP contribution is 2.24. The van der Waals surface area contributed by atoms with Gasteiger partial charge in [0.1, 0.15) is 11.4 Å². The van der Waals surface area contributed by atoms with Gasteiger partial charge in [-0.25, -0.2) is 0 Å². The Morgan fingerprint density at radius 2 is 1.78 bits per heavy atom. The molecule has 0 amide bonds. The largest absolute Gasteiger partial charge is 0.392 e. The lowest BCUT2D eigenvalue weighted by Gasteiger charge is -2.18. The number of aliphatic hydroxyl groups is 1. The van der Waals surface area contributed by atoms with Crippen LogP contribution >= 0.6 is 0 Å². The molecule has 1 heterocycles. The first-order valence-corrected chi connectivity index (χ1v) is 5.94. The van der Waals surface area contributed by atoms with E-state index in [9.17, 15) is 0 Å². The van der Waals surface area contributed by atoms with Crippen molar-refractivity contribution < 1.29 is 9.63 Å². The van der Waals surface area contributed by atoms with Gasteiger partial charge >= 0.3 is 0 Å². The third kappa shape index (κ3) is 2.54. The van der Waals surface area contributed by atoms with Crippen LogP contribution in [0.2, 0.25) is 0 Å². The second-order valence-corrected chi connectivity index (χ2v) is 4.50. The number of aliphatic hydroxyl groups excluding tert-OH is 1. The van der Waals surface area contributed by atoms with E-state index in [-0.39, 0.29) is 6.61 Å². The number of aromatic nitrogens is 1. The Morgan fingerprint density at radius 3 is 2.28 bits per heavy atom. The summed E-state index contributed by atoms with van der Waals surface area (Å²) in [6.45, 7) is 4.73. The quantitative estimate of drug-likeness (QED) is 0.900. The minimum absolute atomic E-state index is 0.0833. The first-order chi connectivity index (χ1) is 8.61. The van der Waals surface area contributed by atoms with Crippen LogP contribution in [-0.4, -0.2) is 17.3 Å². The highest BCUT2D eigenvalue weighted by Gasteiger charge is 2.13. The van der Waals surface area contributed by atoms with Crippen LogP contribution in [0.5, 0.6) is 0 Å². The van der Waals surface area contributed by atoms with Gasteiger partial charge in [-0.15, -0.1) is 0 Å². The van der Waals surface area contributed by atoms with Crippen LogP contribution in [0.15, 0.2) is 28.8 Å². The van der Waals surface area contributed by atoms with Crippen molar-refractivity contribution in [3.63, 3.8) is 0 Å². The van der Waals surface area contributed by atoms with Gasteiger partial charge < -0.3 is 14.5 Å². The van der Waals surface area contributed by atoms with Crippen LogP contribution in [0, 0.1) is 13.8 Å². The van der Waals surface area contributed by atoms with E-state index in [0.717, 1.165) is 29.2 Å². The SMILES string of the molecule is Cc1noc(C)c1N(C)Cc1ccc(CO)cc1. The molecule has 0 saturated carbocycles. The normalized spacial score (nSPS) is 10.7. The second kappa shape index (κ2) is 5.23. The van der Waals surface area contributed by atoms with Gasteiger partial charge in [-0.3, -0.25) is 0 Å². The average molecular weight is 246 g/mol. The average Bonchev–Trinajstić information content (AvgIpc) is 2.70. The predicted octanol–water partition coefficient (Wildman–Crippen LogP) is 2.42. The molecule has 0 aliphatic heterocycles. The number of hydrogen-bond acceptors (Lipinski definition) is 4. The van der Waals surface area contributed by atoms with Gasteiger partial charge in [-0.2, -0.15) is 0 Å². The van der Waals surface area contributed by atoms with Gasteiger partial charge in [0.25, 0.3) is 0 Å². The molecule has 0 bridgehead atoms. The van der Waals surface area contributed by atoms with Gasteiger partial charge in [0.15, 0.2) is 5.76 Å². The van der Waals surface area contributed by atoms with Crippen LogP contribution in [0.4, 0.5) is 5.69 Å². The third-order valence-corrected chi connectivity index (χ3v) is 3.00. The molecule has 1 N–H and O–H groups in total. The monoisotopic (exact) mass is 246 g/mol. The summed E-state index contributed by atoms with van der Waals surface area (Å²) in [5.41, 5.74) is 4.07.